The molecule has 1 amide bonds. The lowest BCUT2D eigenvalue weighted by atomic mass is 10.2. The van der Waals surface area contributed by atoms with Crippen LogP contribution in [0.4, 0.5) is 0 Å². The van der Waals surface area contributed by atoms with Crippen molar-refractivity contribution in [3.05, 3.63) is 32.8 Å². The highest BCUT2D eigenvalue weighted by Gasteiger charge is 2.13. The van der Waals surface area contributed by atoms with Gasteiger partial charge in [0.2, 0.25) is 0 Å². The van der Waals surface area contributed by atoms with E-state index in [9.17, 15) is 9.59 Å². The van der Waals surface area contributed by atoms with Gasteiger partial charge in [0.1, 0.15) is 6.54 Å². The largest absolute Gasteiger partial charge is 0.480 e. The molecule has 0 unspecified atom stereocenters. The number of hydrogen-bond donors (Lipinski definition) is 2. The van der Waals surface area contributed by atoms with Crippen molar-refractivity contribution in [1.29, 1.82) is 0 Å². The molecule has 0 aliphatic rings. The van der Waals surface area contributed by atoms with E-state index >= 15 is 0 Å². The van der Waals surface area contributed by atoms with Crippen molar-refractivity contribution in [3.63, 3.8) is 0 Å². The van der Waals surface area contributed by atoms with Gasteiger partial charge >= 0.3 is 5.97 Å². The number of amides is 1. The second kappa shape index (κ2) is 5.39. The number of carboxylic acid groups (broad SMARTS) is 1. The predicted octanol–water partition coefficient (Wildman–Crippen LogP) is 2.46. The molecule has 0 aliphatic heterocycles. The van der Waals surface area contributed by atoms with E-state index in [1.165, 1.54) is 12.1 Å². The lowest BCUT2D eigenvalue weighted by molar-refractivity contribution is -0.135. The van der Waals surface area contributed by atoms with Crippen LogP contribution in [0.2, 0.25) is 15.1 Å². The van der Waals surface area contributed by atoms with Crippen LogP contribution < -0.4 is 5.32 Å². The number of benzene rings is 1. The molecule has 0 bridgehead atoms. The van der Waals surface area contributed by atoms with E-state index < -0.39 is 18.4 Å². The second-order valence-corrected chi connectivity index (χ2v) is 4.04. The first-order valence-electron chi connectivity index (χ1n) is 4.06. The van der Waals surface area contributed by atoms with Crippen LogP contribution in [-0.2, 0) is 4.79 Å². The molecule has 0 saturated heterocycles. The Bertz CT molecular complexity index is 448. The molecule has 86 valence electrons. The first-order chi connectivity index (χ1) is 7.41. The number of carbonyl (C=O) groups is 2. The summed E-state index contributed by atoms with van der Waals surface area (Å²) in [6.07, 6.45) is 0. The van der Waals surface area contributed by atoms with Crippen LogP contribution in [-0.4, -0.2) is 23.5 Å². The standard InChI is InChI=1S/C9H6Cl3NO3/c10-5-2-7(12)6(11)1-4(5)9(16)13-3-8(14)15/h1-2H,3H2,(H,13,16)(H,14,15). The van der Waals surface area contributed by atoms with Gasteiger partial charge in [-0.2, -0.15) is 0 Å². The third-order valence-corrected chi connectivity index (χ3v) is 2.69. The third-order valence-electron chi connectivity index (χ3n) is 1.65. The summed E-state index contributed by atoms with van der Waals surface area (Å²) >= 11 is 17.1. The fraction of sp³-hybridized carbons (Fsp3) is 0.111. The lowest BCUT2D eigenvalue weighted by Gasteiger charge is -2.06. The van der Waals surface area contributed by atoms with Crippen molar-refractivity contribution in [2.24, 2.45) is 0 Å². The van der Waals surface area contributed by atoms with Crippen molar-refractivity contribution >= 4 is 46.7 Å². The van der Waals surface area contributed by atoms with Gasteiger partial charge in [0, 0.05) is 0 Å². The topological polar surface area (TPSA) is 66.4 Å². The third kappa shape index (κ3) is 3.27. The molecule has 0 heterocycles. The Labute approximate surface area is 106 Å². The minimum absolute atomic E-state index is 0.0808. The van der Waals surface area contributed by atoms with Gasteiger partial charge in [0.15, 0.2) is 0 Å². The Morgan fingerprint density at radius 2 is 1.69 bits per heavy atom. The Morgan fingerprint density at radius 1 is 1.12 bits per heavy atom. The summed E-state index contributed by atoms with van der Waals surface area (Å²) in [7, 11) is 0. The molecule has 7 heteroatoms. The maximum Gasteiger partial charge on any atom is 0.322 e. The van der Waals surface area contributed by atoms with Crippen molar-refractivity contribution in [1.82, 2.24) is 5.32 Å². The summed E-state index contributed by atoms with van der Waals surface area (Å²) in [5.74, 6) is -1.77. The van der Waals surface area contributed by atoms with E-state index in [1.807, 2.05) is 0 Å². The van der Waals surface area contributed by atoms with Gasteiger partial charge in [-0.15, -0.1) is 0 Å². The van der Waals surface area contributed by atoms with Crippen LogP contribution in [0.5, 0.6) is 0 Å². The van der Waals surface area contributed by atoms with Gasteiger partial charge in [0.25, 0.3) is 5.91 Å². The van der Waals surface area contributed by atoms with Crippen LogP contribution >= 0.6 is 34.8 Å². The molecule has 16 heavy (non-hydrogen) atoms. The summed E-state index contributed by atoms with van der Waals surface area (Å²) in [5.41, 5.74) is 0.0808. The first kappa shape index (κ1) is 13.1. The summed E-state index contributed by atoms with van der Waals surface area (Å²) in [6, 6.07) is 2.60. The Hall–Kier alpha value is -0.970. The molecule has 0 spiro atoms. The molecule has 0 fully saturated rings. The molecule has 0 saturated carbocycles. The highest BCUT2D eigenvalue weighted by atomic mass is 35.5. The highest BCUT2D eigenvalue weighted by Crippen LogP contribution is 2.28. The van der Waals surface area contributed by atoms with E-state index in [0.717, 1.165) is 0 Å². The van der Waals surface area contributed by atoms with Gasteiger partial charge < -0.3 is 10.4 Å². The molecule has 0 atom stereocenters. The maximum atomic E-state index is 11.5. The molecule has 2 N–H and O–H groups in total. The molecular formula is C9H6Cl3NO3. The number of carboxylic acids is 1. The normalized spacial score (nSPS) is 9.94. The fourth-order valence-electron chi connectivity index (χ4n) is 0.948. The molecular weight excluding hydrogens is 276 g/mol. The number of hydrogen-bond acceptors (Lipinski definition) is 2. The highest BCUT2D eigenvalue weighted by molar-refractivity contribution is 6.44. The van der Waals surface area contributed by atoms with E-state index in [2.05, 4.69) is 5.32 Å². The smallest absolute Gasteiger partial charge is 0.322 e. The predicted molar refractivity (Wildman–Crippen MR) is 61.4 cm³/mol. The van der Waals surface area contributed by atoms with E-state index in [4.69, 9.17) is 39.9 Å². The van der Waals surface area contributed by atoms with Crippen LogP contribution in [0.25, 0.3) is 0 Å². The van der Waals surface area contributed by atoms with Crippen molar-refractivity contribution in [2.75, 3.05) is 6.54 Å². The quantitative estimate of drug-likeness (QED) is 0.837. The van der Waals surface area contributed by atoms with E-state index in [0.29, 0.717) is 0 Å². The van der Waals surface area contributed by atoms with Gasteiger partial charge in [-0.05, 0) is 12.1 Å². The molecule has 0 radical (unpaired) electrons. The number of aliphatic carboxylic acids is 1. The van der Waals surface area contributed by atoms with Gasteiger partial charge in [0.05, 0.1) is 20.6 Å². The second-order valence-electron chi connectivity index (χ2n) is 2.82. The SMILES string of the molecule is O=C(O)CNC(=O)c1cc(Cl)c(Cl)cc1Cl. The zero-order valence-electron chi connectivity index (χ0n) is 7.76. The molecule has 1 aromatic carbocycles. The summed E-state index contributed by atoms with van der Waals surface area (Å²) in [6.45, 7) is -0.491. The van der Waals surface area contributed by atoms with Crippen molar-refractivity contribution in [3.8, 4) is 0 Å². The summed E-state index contributed by atoms with van der Waals surface area (Å²) in [5, 5.41) is 11.0. The fourth-order valence-corrected chi connectivity index (χ4v) is 1.58. The van der Waals surface area contributed by atoms with Crippen LogP contribution in [0.3, 0.4) is 0 Å². The van der Waals surface area contributed by atoms with Gasteiger partial charge in [-0.3, -0.25) is 9.59 Å². The molecule has 0 aromatic heterocycles. The van der Waals surface area contributed by atoms with Crippen LogP contribution in [0, 0.1) is 0 Å². The minimum Gasteiger partial charge on any atom is -0.480 e. The molecule has 4 nitrogen and oxygen atoms in total. The van der Waals surface area contributed by atoms with Gasteiger partial charge in [-0.1, -0.05) is 34.8 Å². The Balaban J connectivity index is 2.91. The zero-order valence-corrected chi connectivity index (χ0v) is 10.0. The van der Waals surface area contributed by atoms with Crippen LogP contribution in [0.15, 0.2) is 12.1 Å². The maximum absolute atomic E-state index is 11.5. The van der Waals surface area contributed by atoms with Crippen molar-refractivity contribution in [2.45, 2.75) is 0 Å². The number of nitrogens with one attached hydrogen (secondary N) is 1. The summed E-state index contributed by atoms with van der Waals surface area (Å²) in [4.78, 5) is 21.7. The molecule has 1 aromatic rings. The number of halogens is 3. The minimum atomic E-state index is -1.15. The number of rotatable bonds is 3. The van der Waals surface area contributed by atoms with Crippen molar-refractivity contribution < 1.29 is 14.7 Å². The number of carbonyl (C=O) groups excluding carboxylic acids is 1. The summed E-state index contributed by atoms with van der Waals surface area (Å²) < 4.78 is 0. The Morgan fingerprint density at radius 3 is 2.25 bits per heavy atom. The van der Waals surface area contributed by atoms with Crippen LogP contribution in [0.1, 0.15) is 10.4 Å². The molecule has 0 aliphatic carbocycles. The van der Waals surface area contributed by atoms with E-state index in [-0.39, 0.29) is 20.6 Å². The zero-order chi connectivity index (χ0) is 12.3. The average Bonchev–Trinajstić information content (AvgIpc) is 2.20. The molecule has 1 rings (SSSR count). The monoisotopic (exact) mass is 281 g/mol. The average molecular weight is 283 g/mol. The lowest BCUT2D eigenvalue weighted by Crippen LogP contribution is -2.29. The Kier molecular flexibility index (Phi) is 4.41. The first-order valence-corrected chi connectivity index (χ1v) is 5.19. The van der Waals surface area contributed by atoms with Gasteiger partial charge in [-0.25, -0.2) is 0 Å². The van der Waals surface area contributed by atoms with E-state index in [1.54, 1.807) is 0 Å².